The Morgan fingerprint density at radius 1 is 1.00 bits per heavy atom. The van der Waals surface area contributed by atoms with Crippen molar-refractivity contribution in [2.75, 3.05) is 37.7 Å². The summed E-state index contributed by atoms with van der Waals surface area (Å²) in [6, 6.07) is 9.02. The van der Waals surface area contributed by atoms with Crippen LogP contribution in [0.4, 0.5) is 27.8 Å². The molecule has 266 valence electrons. The van der Waals surface area contributed by atoms with E-state index in [0.29, 0.717) is 71.8 Å². The molecule has 3 saturated heterocycles. The lowest BCUT2D eigenvalue weighted by molar-refractivity contribution is -0.340. The van der Waals surface area contributed by atoms with Crippen molar-refractivity contribution in [1.29, 1.82) is 0 Å². The lowest BCUT2D eigenvalue weighted by Crippen LogP contribution is -2.58. The van der Waals surface area contributed by atoms with Crippen LogP contribution in [0.2, 0.25) is 0 Å². The molecule has 4 atom stereocenters. The first kappa shape index (κ1) is 32.8. The zero-order valence-corrected chi connectivity index (χ0v) is 27.9. The van der Waals surface area contributed by atoms with E-state index < -0.39 is 24.1 Å². The highest BCUT2D eigenvalue weighted by molar-refractivity contribution is 6.02. The molecule has 1 N–H and O–H groups in total. The Balaban J connectivity index is 1.12. The van der Waals surface area contributed by atoms with E-state index in [4.69, 9.17) is 26.1 Å². The summed E-state index contributed by atoms with van der Waals surface area (Å²) in [7, 11) is 0. The van der Waals surface area contributed by atoms with Gasteiger partial charge in [-0.25, -0.2) is 13.8 Å². The number of piperazine rings is 1. The van der Waals surface area contributed by atoms with Gasteiger partial charge in [-0.2, -0.15) is 9.97 Å². The average Bonchev–Trinajstić information content (AvgIpc) is 3.55. The molecule has 4 fully saturated rings. The van der Waals surface area contributed by atoms with Gasteiger partial charge in [0.2, 0.25) is 0 Å². The number of aromatic nitrogens is 3. The summed E-state index contributed by atoms with van der Waals surface area (Å²) in [6.45, 7) is 2.23. The predicted octanol–water partition coefficient (Wildman–Crippen LogP) is 6.52. The smallest absolute Gasteiger partial charge is 0.463 e. The summed E-state index contributed by atoms with van der Waals surface area (Å²) >= 11 is 0. The maximum Gasteiger partial charge on any atom is 0.522 e. The molecule has 2 aromatic carbocycles. The highest BCUT2D eigenvalue weighted by Crippen LogP contribution is 2.48. The van der Waals surface area contributed by atoms with Gasteiger partial charge in [-0.3, -0.25) is 9.64 Å². The van der Waals surface area contributed by atoms with Crippen LogP contribution >= 0.6 is 0 Å². The molecule has 13 heteroatoms. The topological polar surface area (TPSA) is 75.6 Å². The van der Waals surface area contributed by atoms with Crippen LogP contribution in [0.1, 0.15) is 56.2 Å². The number of ether oxygens (including phenoxy) is 2. The number of rotatable bonds is 7. The number of likely N-dealkylation sites (tertiary alicyclic amines) is 1. The van der Waals surface area contributed by atoms with E-state index in [1.54, 1.807) is 18.2 Å². The fourth-order valence-corrected chi connectivity index (χ4v) is 8.94. The van der Waals surface area contributed by atoms with Gasteiger partial charge in [0.1, 0.15) is 22.8 Å². The minimum absolute atomic E-state index is 0.0432. The van der Waals surface area contributed by atoms with Crippen molar-refractivity contribution in [3.8, 4) is 29.6 Å². The number of hydrogen-bond donors (Lipinski definition) is 1. The summed E-state index contributed by atoms with van der Waals surface area (Å²) in [6.07, 6.45) is 6.67. The molecule has 4 aromatic rings. The largest absolute Gasteiger partial charge is 0.522 e. The van der Waals surface area contributed by atoms with Crippen molar-refractivity contribution in [2.24, 2.45) is 5.41 Å². The third-order valence-corrected chi connectivity index (χ3v) is 11.5. The van der Waals surface area contributed by atoms with Crippen molar-refractivity contribution < 1.29 is 31.4 Å². The molecule has 2 bridgehead atoms. The number of alkyl halides is 3. The number of aryl methyl sites for hydroxylation is 1. The van der Waals surface area contributed by atoms with Gasteiger partial charge in [0, 0.05) is 60.7 Å². The van der Waals surface area contributed by atoms with Gasteiger partial charge in [0.25, 0.3) is 0 Å². The van der Waals surface area contributed by atoms with Crippen LogP contribution in [0.15, 0.2) is 30.3 Å². The highest BCUT2D eigenvalue weighted by Gasteiger charge is 2.47. The number of hydrogen-bond acceptors (Lipinski definition) is 8. The van der Waals surface area contributed by atoms with Crippen LogP contribution in [0, 0.1) is 29.4 Å². The number of fused-ring (bicyclic) bond motifs is 6. The number of nitrogens with zero attached hydrogens (tertiary/aromatic N) is 5. The third-order valence-electron chi connectivity index (χ3n) is 11.5. The minimum Gasteiger partial charge on any atom is -0.463 e. The molecule has 5 aliphatic rings. The first-order valence-electron chi connectivity index (χ1n) is 17.8. The van der Waals surface area contributed by atoms with Crippen LogP contribution in [-0.4, -0.2) is 83.2 Å². The second kappa shape index (κ2) is 12.2. The van der Waals surface area contributed by atoms with Crippen molar-refractivity contribution in [3.63, 3.8) is 0 Å². The Bertz CT molecular complexity index is 2080. The molecule has 1 aliphatic carbocycles. The normalized spacial score (nSPS) is 25.5. The minimum atomic E-state index is -4.66. The standard InChI is InChI=1S/C38H37F5N6O2/c1-2-24-26(39)11-9-21-5-3-6-25(30(21)24)33-32(40)34-31-28(45-33)7-4-8-29-27-12-10-22(44-27)17-49(29)35(31)47-36(46-34)50-20-37(14-15-37)19-48-16-13-23(18-48)51-38(41,42)43/h1,3,5-6,9,11,22-23,27,29,44H,4,7-8,10,12-20H2/t22-,23+,27+,29-/m1/s1. The molecule has 2 aromatic heterocycles. The van der Waals surface area contributed by atoms with E-state index in [2.05, 4.69) is 20.9 Å². The summed E-state index contributed by atoms with van der Waals surface area (Å²) in [5.74, 6) is 1.83. The average molecular weight is 705 g/mol. The molecule has 8 nitrogen and oxygen atoms in total. The fourth-order valence-electron chi connectivity index (χ4n) is 8.94. The van der Waals surface area contributed by atoms with E-state index in [1.807, 2.05) is 11.0 Å². The molecule has 1 saturated carbocycles. The van der Waals surface area contributed by atoms with Gasteiger partial charge < -0.3 is 15.0 Å². The first-order valence-corrected chi connectivity index (χ1v) is 17.8. The zero-order chi connectivity index (χ0) is 35.1. The summed E-state index contributed by atoms with van der Waals surface area (Å²) in [5, 5.41) is 5.40. The predicted molar refractivity (Wildman–Crippen MR) is 181 cm³/mol. The number of anilines is 1. The first-order chi connectivity index (χ1) is 24.6. The van der Waals surface area contributed by atoms with E-state index >= 15 is 4.39 Å². The van der Waals surface area contributed by atoms with Gasteiger partial charge in [0.15, 0.2) is 5.82 Å². The molecule has 0 spiro atoms. The van der Waals surface area contributed by atoms with Crippen molar-refractivity contribution in [1.82, 2.24) is 25.2 Å². The molecule has 9 rings (SSSR count). The molecule has 0 unspecified atom stereocenters. The quantitative estimate of drug-likeness (QED) is 0.172. The van der Waals surface area contributed by atoms with E-state index in [1.165, 1.54) is 6.07 Å². The van der Waals surface area contributed by atoms with E-state index in [-0.39, 0.29) is 53.4 Å². The maximum atomic E-state index is 17.2. The Morgan fingerprint density at radius 2 is 1.86 bits per heavy atom. The van der Waals surface area contributed by atoms with Crippen LogP contribution in [0.3, 0.4) is 0 Å². The highest BCUT2D eigenvalue weighted by atomic mass is 19.4. The molecule has 0 radical (unpaired) electrons. The van der Waals surface area contributed by atoms with Crippen LogP contribution in [0.25, 0.3) is 32.9 Å². The number of pyridine rings is 1. The van der Waals surface area contributed by atoms with Crippen LogP contribution < -0.4 is 15.0 Å². The summed E-state index contributed by atoms with van der Waals surface area (Å²) in [5.41, 5.74) is 0.970. The second-order valence-electron chi connectivity index (χ2n) is 14.9. The van der Waals surface area contributed by atoms with Crippen LogP contribution in [0.5, 0.6) is 6.01 Å². The number of nitrogens with one attached hydrogen (secondary N) is 1. The van der Waals surface area contributed by atoms with E-state index in [0.717, 1.165) is 38.5 Å². The van der Waals surface area contributed by atoms with E-state index in [9.17, 15) is 17.6 Å². The van der Waals surface area contributed by atoms with Crippen LogP contribution in [-0.2, 0) is 11.2 Å². The van der Waals surface area contributed by atoms with Crippen molar-refractivity contribution in [3.05, 3.63) is 53.2 Å². The SMILES string of the molecule is C#Cc1c(F)ccc2cccc(-c3nc4c5c(nc(OCC6(CN7CC[C@H](OC(F)(F)F)C7)CC6)nc5c3F)N3C[C@H]5CC[C@H](N5)[C@H]3CCC4)c12. The number of terminal acetylenes is 1. The van der Waals surface area contributed by atoms with Gasteiger partial charge in [-0.1, -0.05) is 30.2 Å². The lowest BCUT2D eigenvalue weighted by Gasteiger charge is -2.43. The molecule has 6 heterocycles. The van der Waals surface area contributed by atoms with Crippen molar-refractivity contribution >= 4 is 27.5 Å². The second-order valence-corrected chi connectivity index (χ2v) is 14.9. The third kappa shape index (κ3) is 5.95. The monoisotopic (exact) mass is 704 g/mol. The molecule has 4 aliphatic heterocycles. The lowest BCUT2D eigenvalue weighted by atomic mass is 9.93. The molecular weight excluding hydrogens is 667 g/mol. The molecule has 51 heavy (non-hydrogen) atoms. The number of halogens is 5. The Morgan fingerprint density at radius 3 is 2.67 bits per heavy atom. The van der Waals surface area contributed by atoms with Gasteiger partial charge >= 0.3 is 12.4 Å². The molecule has 0 amide bonds. The fraction of sp³-hybridized carbons (Fsp3) is 0.500. The summed E-state index contributed by atoms with van der Waals surface area (Å²) in [4.78, 5) is 18.9. The van der Waals surface area contributed by atoms with Gasteiger partial charge in [-0.05, 0) is 62.8 Å². The Labute approximate surface area is 291 Å². The molecular formula is C38H37F5N6O2. The maximum absolute atomic E-state index is 17.2. The zero-order valence-electron chi connectivity index (χ0n) is 27.9. The van der Waals surface area contributed by atoms with Gasteiger partial charge in [0.05, 0.1) is 29.4 Å². The van der Waals surface area contributed by atoms with Gasteiger partial charge in [-0.15, -0.1) is 19.6 Å². The van der Waals surface area contributed by atoms with Crippen molar-refractivity contribution in [2.45, 2.75) is 82.0 Å². The Kier molecular flexibility index (Phi) is 7.87. The summed E-state index contributed by atoms with van der Waals surface area (Å²) < 4.78 is 81.3. The number of benzene rings is 2. The Hall–Kier alpha value is -4.12.